The van der Waals surface area contributed by atoms with Gasteiger partial charge in [0.1, 0.15) is 6.04 Å². The molecular formula is C10H11BrN2. The van der Waals surface area contributed by atoms with Gasteiger partial charge in [0.05, 0.1) is 0 Å². The highest BCUT2D eigenvalue weighted by molar-refractivity contribution is 9.10. The fraction of sp³-hybridized carbons (Fsp3) is 0.200. The van der Waals surface area contributed by atoms with Crippen LogP contribution in [0.25, 0.3) is 0 Å². The summed E-state index contributed by atoms with van der Waals surface area (Å²) in [5.74, 6) is 7.85. The van der Waals surface area contributed by atoms with Crippen LogP contribution in [0.4, 0.5) is 0 Å². The summed E-state index contributed by atoms with van der Waals surface area (Å²) >= 11 is 3.44. The number of hydrazine groups is 1. The first kappa shape index (κ1) is 10.3. The molecule has 0 saturated carbocycles. The van der Waals surface area contributed by atoms with E-state index in [-0.39, 0.29) is 6.04 Å². The van der Waals surface area contributed by atoms with Gasteiger partial charge in [0.2, 0.25) is 0 Å². The van der Waals surface area contributed by atoms with Gasteiger partial charge in [-0.15, -0.1) is 6.42 Å². The molecule has 2 nitrogen and oxygen atoms in total. The number of terminal acetylenes is 1. The van der Waals surface area contributed by atoms with E-state index in [0.29, 0.717) is 0 Å². The number of hydrogen-bond donors (Lipinski definition) is 2. The van der Waals surface area contributed by atoms with E-state index >= 15 is 0 Å². The Hall–Kier alpha value is -0.820. The maximum atomic E-state index is 5.30. The summed E-state index contributed by atoms with van der Waals surface area (Å²) in [7, 11) is 0. The van der Waals surface area contributed by atoms with Crippen molar-refractivity contribution in [3.8, 4) is 12.3 Å². The van der Waals surface area contributed by atoms with Gasteiger partial charge in [-0.05, 0) is 24.1 Å². The van der Waals surface area contributed by atoms with E-state index in [2.05, 4.69) is 27.3 Å². The Morgan fingerprint density at radius 2 is 2.31 bits per heavy atom. The third-order valence-electron chi connectivity index (χ3n) is 1.86. The average molecular weight is 239 g/mol. The Morgan fingerprint density at radius 3 is 2.77 bits per heavy atom. The number of halogens is 1. The number of nitrogens with two attached hydrogens (primary N) is 1. The summed E-state index contributed by atoms with van der Waals surface area (Å²) in [6, 6.07) is 5.71. The van der Waals surface area contributed by atoms with E-state index in [9.17, 15) is 0 Å². The van der Waals surface area contributed by atoms with E-state index in [1.54, 1.807) is 0 Å². The maximum absolute atomic E-state index is 5.30. The van der Waals surface area contributed by atoms with Gasteiger partial charge in [-0.1, -0.05) is 34.0 Å². The zero-order valence-corrected chi connectivity index (χ0v) is 8.93. The Bertz CT molecular complexity index is 341. The first-order valence-corrected chi connectivity index (χ1v) is 4.66. The Morgan fingerprint density at radius 1 is 1.62 bits per heavy atom. The lowest BCUT2D eigenvalue weighted by atomic mass is 10.1. The molecule has 0 aromatic heterocycles. The van der Waals surface area contributed by atoms with Crippen LogP contribution in [-0.2, 0) is 0 Å². The molecule has 1 rings (SSSR count). The summed E-state index contributed by atoms with van der Waals surface area (Å²) in [6.45, 7) is 2.02. The highest BCUT2D eigenvalue weighted by atomic mass is 79.9. The van der Waals surface area contributed by atoms with Crippen molar-refractivity contribution in [3.63, 3.8) is 0 Å². The number of benzene rings is 1. The quantitative estimate of drug-likeness (QED) is 0.470. The molecule has 1 atom stereocenters. The monoisotopic (exact) mass is 238 g/mol. The topological polar surface area (TPSA) is 38.0 Å². The molecule has 1 aromatic rings. The Labute approximate surface area is 86.6 Å². The van der Waals surface area contributed by atoms with Crippen LogP contribution in [0.3, 0.4) is 0 Å². The van der Waals surface area contributed by atoms with Crippen molar-refractivity contribution < 1.29 is 0 Å². The molecule has 0 aliphatic carbocycles. The van der Waals surface area contributed by atoms with Gasteiger partial charge in [0.15, 0.2) is 0 Å². The van der Waals surface area contributed by atoms with Crippen molar-refractivity contribution in [2.75, 3.05) is 0 Å². The minimum atomic E-state index is -0.225. The van der Waals surface area contributed by atoms with Crippen LogP contribution in [0.5, 0.6) is 0 Å². The SMILES string of the molecule is C#CC(NN)c1ccc(C)c(Br)c1. The largest absolute Gasteiger partial charge is 0.270 e. The van der Waals surface area contributed by atoms with Gasteiger partial charge < -0.3 is 0 Å². The van der Waals surface area contributed by atoms with Gasteiger partial charge in [-0.3, -0.25) is 5.84 Å². The normalized spacial score (nSPS) is 12.2. The van der Waals surface area contributed by atoms with E-state index < -0.39 is 0 Å². The lowest BCUT2D eigenvalue weighted by molar-refractivity contribution is 0.673. The molecule has 3 heteroatoms. The van der Waals surface area contributed by atoms with Crippen LogP contribution in [0.15, 0.2) is 22.7 Å². The van der Waals surface area contributed by atoms with Crippen molar-refractivity contribution in [2.24, 2.45) is 5.84 Å². The molecule has 3 N–H and O–H groups in total. The smallest absolute Gasteiger partial charge is 0.106 e. The third kappa shape index (κ3) is 2.31. The van der Waals surface area contributed by atoms with Gasteiger partial charge in [-0.25, -0.2) is 5.43 Å². The van der Waals surface area contributed by atoms with E-state index in [1.807, 2.05) is 25.1 Å². The number of rotatable bonds is 2. The first-order valence-electron chi connectivity index (χ1n) is 3.87. The Balaban J connectivity index is 3.04. The van der Waals surface area contributed by atoms with E-state index in [0.717, 1.165) is 10.0 Å². The molecule has 0 saturated heterocycles. The second-order valence-electron chi connectivity index (χ2n) is 2.77. The molecule has 0 fully saturated rings. The minimum absolute atomic E-state index is 0.225. The molecule has 1 unspecified atom stereocenters. The fourth-order valence-corrected chi connectivity index (χ4v) is 1.43. The molecule has 13 heavy (non-hydrogen) atoms. The van der Waals surface area contributed by atoms with Gasteiger partial charge in [0.25, 0.3) is 0 Å². The molecular weight excluding hydrogens is 228 g/mol. The molecule has 68 valence electrons. The van der Waals surface area contributed by atoms with Gasteiger partial charge in [-0.2, -0.15) is 0 Å². The summed E-state index contributed by atoms with van der Waals surface area (Å²) in [5.41, 5.74) is 4.72. The number of aryl methyl sites for hydroxylation is 1. The third-order valence-corrected chi connectivity index (χ3v) is 2.72. The zero-order valence-electron chi connectivity index (χ0n) is 7.34. The van der Waals surface area contributed by atoms with Crippen molar-refractivity contribution in [1.82, 2.24) is 5.43 Å². The van der Waals surface area contributed by atoms with Crippen LogP contribution in [0.2, 0.25) is 0 Å². The molecule has 0 bridgehead atoms. The van der Waals surface area contributed by atoms with Crippen LogP contribution in [0, 0.1) is 19.3 Å². The molecule has 0 aliphatic heterocycles. The fourth-order valence-electron chi connectivity index (χ4n) is 1.03. The van der Waals surface area contributed by atoms with Crippen LogP contribution < -0.4 is 11.3 Å². The predicted octanol–water partition coefficient (Wildman–Crippen LogP) is 1.90. The van der Waals surface area contributed by atoms with Crippen LogP contribution >= 0.6 is 15.9 Å². The summed E-state index contributed by atoms with van der Waals surface area (Å²) in [4.78, 5) is 0. The van der Waals surface area contributed by atoms with Crippen molar-refractivity contribution in [3.05, 3.63) is 33.8 Å². The number of nitrogens with one attached hydrogen (secondary N) is 1. The lowest BCUT2D eigenvalue weighted by Gasteiger charge is -2.10. The van der Waals surface area contributed by atoms with Crippen LogP contribution in [-0.4, -0.2) is 0 Å². The Kier molecular flexibility index (Phi) is 3.49. The first-order chi connectivity index (χ1) is 6.19. The van der Waals surface area contributed by atoms with E-state index in [4.69, 9.17) is 12.3 Å². The maximum Gasteiger partial charge on any atom is 0.106 e. The number of hydrogen-bond acceptors (Lipinski definition) is 2. The summed E-state index contributed by atoms with van der Waals surface area (Å²) < 4.78 is 1.04. The lowest BCUT2D eigenvalue weighted by Crippen LogP contribution is -2.26. The predicted molar refractivity (Wildman–Crippen MR) is 57.8 cm³/mol. The van der Waals surface area contributed by atoms with Crippen molar-refractivity contribution in [1.29, 1.82) is 0 Å². The summed E-state index contributed by atoms with van der Waals surface area (Å²) in [5, 5.41) is 0. The van der Waals surface area contributed by atoms with Crippen molar-refractivity contribution >= 4 is 15.9 Å². The van der Waals surface area contributed by atoms with E-state index in [1.165, 1.54) is 5.56 Å². The molecule has 1 aromatic carbocycles. The second kappa shape index (κ2) is 4.43. The molecule has 0 spiro atoms. The summed E-state index contributed by atoms with van der Waals surface area (Å²) in [6.07, 6.45) is 5.30. The van der Waals surface area contributed by atoms with Gasteiger partial charge >= 0.3 is 0 Å². The average Bonchev–Trinajstić information content (AvgIpc) is 2.13. The molecule has 0 amide bonds. The molecule has 0 aliphatic rings. The second-order valence-corrected chi connectivity index (χ2v) is 3.63. The zero-order chi connectivity index (χ0) is 9.84. The minimum Gasteiger partial charge on any atom is -0.270 e. The van der Waals surface area contributed by atoms with Gasteiger partial charge in [0, 0.05) is 4.47 Å². The highest BCUT2D eigenvalue weighted by Crippen LogP contribution is 2.21. The molecule has 0 radical (unpaired) electrons. The molecule has 0 heterocycles. The highest BCUT2D eigenvalue weighted by Gasteiger charge is 2.06. The van der Waals surface area contributed by atoms with Crippen molar-refractivity contribution in [2.45, 2.75) is 13.0 Å². The van der Waals surface area contributed by atoms with Crippen LogP contribution in [0.1, 0.15) is 17.2 Å². The standard InChI is InChI=1S/C10H11BrN2/c1-3-10(13-12)8-5-4-7(2)9(11)6-8/h1,4-6,10,13H,12H2,2H3.